The molecule has 2 aromatic carbocycles. The number of anilines is 1. The third-order valence-corrected chi connectivity index (χ3v) is 4.20. The second kappa shape index (κ2) is 5.78. The molecule has 2 aromatic rings. The van der Waals surface area contributed by atoms with Crippen molar-refractivity contribution in [3.63, 3.8) is 0 Å². The van der Waals surface area contributed by atoms with E-state index in [1.165, 1.54) is 17.7 Å². The van der Waals surface area contributed by atoms with E-state index in [0.29, 0.717) is 6.42 Å². The zero-order valence-corrected chi connectivity index (χ0v) is 12.3. The number of benzene rings is 2. The number of hydrogen-bond donors (Lipinski definition) is 2. The van der Waals surface area contributed by atoms with Gasteiger partial charge in [-0.1, -0.05) is 24.3 Å². The number of aliphatic hydroxyl groups excluding tert-OH is 1. The van der Waals surface area contributed by atoms with E-state index in [9.17, 15) is 10.2 Å². The Kier molecular flexibility index (Phi) is 3.84. The lowest BCUT2D eigenvalue weighted by Crippen LogP contribution is -2.24. The van der Waals surface area contributed by atoms with E-state index in [-0.39, 0.29) is 5.75 Å². The van der Waals surface area contributed by atoms with E-state index in [4.69, 9.17) is 0 Å². The molecule has 1 aliphatic rings. The predicted octanol–water partition coefficient (Wildman–Crippen LogP) is 3.05. The van der Waals surface area contributed by atoms with E-state index in [1.54, 1.807) is 12.1 Å². The highest BCUT2D eigenvalue weighted by Gasteiger charge is 2.16. The molecule has 0 saturated heterocycles. The Morgan fingerprint density at radius 1 is 1.14 bits per heavy atom. The van der Waals surface area contributed by atoms with Gasteiger partial charge in [-0.3, -0.25) is 0 Å². The molecule has 3 heteroatoms. The number of hydrogen-bond acceptors (Lipinski definition) is 3. The predicted molar refractivity (Wildman–Crippen MR) is 84.8 cm³/mol. The zero-order chi connectivity index (χ0) is 14.8. The summed E-state index contributed by atoms with van der Waals surface area (Å²) in [5, 5.41) is 19.7. The van der Waals surface area contributed by atoms with Gasteiger partial charge in [-0.05, 0) is 47.7 Å². The van der Waals surface area contributed by atoms with Gasteiger partial charge in [0.15, 0.2) is 0 Å². The van der Waals surface area contributed by atoms with Crippen molar-refractivity contribution in [3.05, 3.63) is 59.2 Å². The number of fused-ring (bicyclic) bond motifs is 1. The summed E-state index contributed by atoms with van der Waals surface area (Å²) in [6, 6.07) is 13.3. The summed E-state index contributed by atoms with van der Waals surface area (Å²) >= 11 is 0. The van der Waals surface area contributed by atoms with Crippen LogP contribution < -0.4 is 4.90 Å². The van der Waals surface area contributed by atoms with E-state index >= 15 is 0 Å². The van der Waals surface area contributed by atoms with E-state index in [1.807, 2.05) is 18.2 Å². The van der Waals surface area contributed by atoms with Crippen LogP contribution in [0.1, 0.15) is 29.2 Å². The summed E-state index contributed by atoms with van der Waals surface area (Å²) < 4.78 is 0. The van der Waals surface area contributed by atoms with Crippen molar-refractivity contribution in [2.75, 3.05) is 18.5 Å². The minimum atomic E-state index is -0.507. The fourth-order valence-corrected chi connectivity index (χ4v) is 2.99. The molecule has 0 radical (unpaired) electrons. The van der Waals surface area contributed by atoms with Crippen LogP contribution in [0, 0.1) is 0 Å². The van der Waals surface area contributed by atoms with Crippen molar-refractivity contribution in [2.24, 2.45) is 0 Å². The number of aromatic hydroxyl groups is 1. The monoisotopic (exact) mass is 283 g/mol. The van der Waals surface area contributed by atoms with Gasteiger partial charge < -0.3 is 15.1 Å². The van der Waals surface area contributed by atoms with Crippen LogP contribution in [0.25, 0.3) is 0 Å². The summed E-state index contributed by atoms with van der Waals surface area (Å²) in [5.74, 6) is 0.255. The maximum absolute atomic E-state index is 10.4. The maximum atomic E-state index is 10.4. The lowest BCUT2D eigenvalue weighted by atomic mass is 9.95. The molecular weight excluding hydrogens is 262 g/mol. The molecule has 1 heterocycles. The molecule has 0 saturated carbocycles. The Morgan fingerprint density at radius 2 is 1.90 bits per heavy atom. The Labute approximate surface area is 125 Å². The van der Waals surface area contributed by atoms with Gasteiger partial charge in [0.25, 0.3) is 0 Å². The highest BCUT2D eigenvalue weighted by Crippen LogP contribution is 2.29. The molecule has 1 aliphatic heterocycles. The molecule has 3 rings (SSSR count). The van der Waals surface area contributed by atoms with Gasteiger partial charge in [-0.2, -0.15) is 0 Å². The number of aliphatic hydroxyl groups is 1. The third-order valence-electron chi connectivity index (χ3n) is 4.20. The number of nitrogens with zero attached hydrogens (tertiary/aromatic N) is 1. The number of aryl methyl sites for hydroxylation is 1. The van der Waals surface area contributed by atoms with E-state index in [0.717, 1.165) is 24.1 Å². The van der Waals surface area contributed by atoms with E-state index in [2.05, 4.69) is 24.1 Å². The molecular formula is C18H21NO2. The normalized spacial score (nSPS) is 15.6. The summed E-state index contributed by atoms with van der Waals surface area (Å²) in [4.78, 5) is 2.27. The fraction of sp³-hybridized carbons (Fsp3) is 0.333. The SMILES string of the molecule is CN1CCCc2cc(C(O)Cc3ccc(O)cc3)ccc21. The topological polar surface area (TPSA) is 43.7 Å². The van der Waals surface area contributed by atoms with Crippen molar-refractivity contribution >= 4 is 5.69 Å². The van der Waals surface area contributed by atoms with Crippen LogP contribution in [0.4, 0.5) is 5.69 Å². The first-order valence-electron chi connectivity index (χ1n) is 7.43. The lowest BCUT2D eigenvalue weighted by molar-refractivity contribution is 0.178. The second-order valence-corrected chi connectivity index (χ2v) is 5.80. The molecule has 0 spiro atoms. The number of rotatable bonds is 3. The highest BCUT2D eigenvalue weighted by molar-refractivity contribution is 5.56. The average Bonchev–Trinajstić information content (AvgIpc) is 2.49. The first-order valence-corrected chi connectivity index (χ1v) is 7.43. The van der Waals surface area contributed by atoms with Crippen LogP contribution in [-0.4, -0.2) is 23.8 Å². The van der Waals surface area contributed by atoms with Gasteiger partial charge >= 0.3 is 0 Å². The van der Waals surface area contributed by atoms with Gasteiger partial charge in [-0.15, -0.1) is 0 Å². The molecule has 1 unspecified atom stereocenters. The smallest absolute Gasteiger partial charge is 0.115 e. The van der Waals surface area contributed by atoms with Crippen molar-refractivity contribution in [2.45, 2.75) is 25.4 Å². The molecule has 0 bridgehead atoms. The summed E-state index contributed by atoms with van der Waals surface area (Å²) in [5.41, 5.74) is 4.60. The van der Waals surface area contributed by atoms with Crippen LogP contribution >= 0.6 is 0 Å². The first-order chi connectivity index (χ1) is 10.1. The summed E-state index contributed by atoms with van der Waals surface area (Å²) in [7, 11) is 2.12. The molecule has 0 fully saturated rings. The minimum Gasteiger partial charge on any atom is -0.508 e. The first kappa shape index (κ1) is 14.0. The van der Waals surface area contributed by atoms with Crippen LogP contribution in [-0.2, 0) is 12.8 Å². The van der Waals surface area contributed by atoms with Crippen LogP contribution in [0.5, 0.6) is 5.75 Å². The average molecular weight is 283 g/mol. The lowest BCUT2D eigenvalue weighted by Gasteiger charge is -2.28. The molecule has 21 heavy (non-hydrogen) atoms. The Balaban J connectivity index is 1.78. The molecule has 0 aliphatic carbocycles. The standard InChI is InChI=1S/C18H21NO2/c1-19-10-2-3-14-12-15(6-9-17(14)19)18(21)11-13-4-7-16(20)8-5-13/h4-9,12,18,20-21H,2-3,10-11H2,1H3. The summed E-state index contributed by atoms with van der Waals surface area (Å²) in [6.45, 7) is 1.10. The largest absolute Gasteiger partial charge is 0.508 e. The van der Waals surface area contributed by atoms with Gasteiger partial charge in [0.2, 0.25) is 0 Å². The molecule has 1 atom stereocenters. The van der Waals surface area contributed by atoms with Crippen molar-refractivity contribution in [1.29, 1.82) is 0 Å². The second-order valence-electron chi connectivity index (χ2n) is 5.80. The highest BCUT2D eigenvalue weighted by atomic mass is 16.3. The van der Waals surface area contributed by atoms with Crippen molar-refractivity contribution in [3.8, 4) is 5.75 Å². The Bertz CT molecular complexity index is 622. The van der Waals surface area contributed by atoms with Gasteiger partial charge in [-0.25, -0.2) is 0 Å². The Hall–Kier alpha value is -2.00. The van der Waals surface area contributed by atoms with Crippen LogP contribution in [0.3, 0.4) is 0 Å². The van der Waals surface area contributed by atoms with Crippen molar-refractivity contribution < 1.29 is 10.2 Å². The Morgan fingerprint density at radius 3 is 2.67 bits per heavy atom. The maximum Gasteiger partial charge on any atom is 0.115 e. The van der Waals surface area contributed by atoms with E-state index < -0.39 is 6.10 Å². The molecule has 3 nitrogen and oxygen atoms in total. The van der Waals surface area contributed by atoms with Crippen LogP contribution in [0.15, 0.2) is 42.5 Å². The van der Waals surface area contributed by atoms with Crippen LogP contribution in [0.2, 0.25) is 0 Å². The fourth-order valence-electron chi connectivity index (χ4n) is 2.99. The van der Waals surface area contributed by atoms with Gasteiger partial charge in [0.05, 0.1) is 6.10 Å². The minimum absolute atomic E-state index is 0.255. The molecule has 0 amide bonds. The van der Waals surface area contributed by atoms with Gasteiger partial charge in [0, 0.05) is 25.7 Å². The quantitative estimate of drug-likeness (QED) is 0.910. The molecule has 0 aromatic heterocycles. The third kappa shape index (κ3) is 3.03. The molecule has 2 N–H and O–H groups in total. The number of phenols is 1. The van der Waals surface area contributed by atoms with Gasteiger partial charge in [0.1, 0.15) is 5.75 Å². The molecule has 110 valence electrons. The zero-order valence-electron chi connectivity index (χ0n) is 12.3. The number of phenolic OH excluding ortho intramolecular Hbond substituents is 1. The van der Waals surface area contributed by atoms with Crippen molar-refractivity contribution in [1.82, 2.24) is 0 Å². The summed E-state index contributed by atoms with van der Waals surface area (Å²) in [6.07, 6.45) is 2.31.